The fraction of sp³-hybridized carbons (Fsp3) is 0.300. The zero-order valence-electron chi connectivity index (χ0n) is 14.3. The lowest BCUT2D eigenvalue weighted by Crippen LogP contribution is -2.35. The van der Waals surface area contributed by atoms with Gasteiger partial charge in [0.2, 0.25) is 0 Å². The Labute approximate surface area is 151 Å². The summed E-state index contributed by atoms with van der Waals surface area (Å²) in [6.07, 6.45) is 1.86. The van der Waals surface area contributed by atoms with E-state index in [4.69, 9.17) is 4.98 Å². The number of hydrogen-bond donors (Lipinski definition) is 1. The van der Waals surface area contributed by atoms with Crippen molar-refractivity contribution in [2.75, 3.05) is 6.54 Å². The zero-order chi connectivity index (χ0) is 17.2. The molecule has 0 amide bonds. The molecule has 1 N–H and O–H groups in total. The average Bonchev–Trinajstić information content (AvgIpc) is 3.17. The van der Waals surface area contributed by atoms with Crippen molar-refractivity contribution in [3.8, 4) is 10.7 Å². The number of nitrogens with zero attached hydrogens (tertiary/aromatic N) is 2. The molecule has 1 aromatic carbocycles. The van der Waals surface area contributed by atoms with E-state index in [1.165, 1.54) is 11.1 Å². The number of aromatic amines is 1. The number of fused-ring (bicyclic) bond motifs is 1. The molecule has 1 aliphatic rings. The lowest BCUT2D eigenvalue weighted by atomic mass is 10.0. The van der Waals surface area contributed by atoms with E-state index in [0.29, 0.717) is 12.4 Å². The standard InChI is InChI=1S/C20H21N3OS/c1-2-14-6-3-4-7-15(14)12-23-10-9-17-16(13-23)20(24)22-19(21-17)18-8-5-11-25-18/h3-8,11H,2,9-10,12-13H2,1H3,(H,21,22,24). The Morgan fingerprint density at radius 3 is 2.80 bits per heavy atom. The summed E-state index contributed by atoms with van der Waals surface area (Å²) in [6.45, 7) is 4.67. The SMILES string of the molecule is CCc1ccccc1CN1CCc2nc(-c3cccs3)[nH]c(=O)c2C1. The molecule has 0 saturated heterocycles. The van der Waals surface area contributed by atoms with Crippen molar-refractivity contribution in [3.05, 3.63) is 74.5 Å². The third-order valence-electron chi connectivity index (χ3n) is 4.80. The highest BCUT2D eigenvalue weighted by Crippen LogP contribution is 2.23. The van der Waals surface area contributed by atoms with Crippen LogP contribution in [0.1, 0.15) is 29.3 Å². The van der Waals surface area contributed by atoms with Gasteiger partial charge in [0.1, 0.15) is 0 Å². The number of aromatic nitrogens is 2. The van der Waals surface area contributed by atoms with E-state index in [1.54, 1.807) is 11.3 Å². The Bertz CT molecular complexity index is 930. The van der Waals surface area contributed by atoms with Crippen LogP contribution in [0.15, 0.2) is 46.6 Å². The molecule has 4 nitrogen and oxygen atoms in total. The molecule has 0 saturated carbocycles. The topological polar surface area (TPSA) is 49.0 Å². The van der Waals surface area contributed by atoms with E-state index >= 15 is 0 Å². The quantitative estimate of drug-likeness (QED) is 0.781. The van der Waals surface area contributed by atoms with E-state index < -0.39 is 0 Å². The van der Waals surface area contributed by atoms with Crippen molar-refractivity contribution in [2.24, 2.45) is 0 Å². The minimum atomic E-state index is 0.00174. The van der Waals surface area contributed by atoms with Crippen LogP contribution in [0.2, 0.25) is 0 Å². The van der Waals surface area contributed by atoms with Crippen molar-refractivity contribution in [2.45, 2.75) is 32.9 Å². The van der Waals surface area contributed by atoms with Crippen LogP contribution >= 0.6 is 11.3 Å². The second-order valence-electron chi connectivity index (χ2n) is 6.40. The van der Waals surface area contributed by atoms with Crippen LogP contribution in [0.5, 0.6) is 0 Å². The van der Waals surface area contributed by atoms with Gasteiger partial charge in [0, 0.05) is 26.1 Å². The minimum Gasteiger partial charge on any atom is -0.306 e. The molecule has 0 fully saturated rings. The maximum absolute atomic E-state index is 12.6. The molecule has 0 atom stereocenters. The maximum Gasteiger partial charge on any atom is 0.255 e. The van der Waals surface area contributed by atoms with Gasteiger partial charge in [0.25, 0.3) is 5.56 Å². The van der Waals surface area contributed by atoms with E-state index in [2.05, 4.69) is 41.1 Å². The summed E-state index contributed by atoms with van der Waals surface area (Å²) in [5.74, 6) is 0.698. The van der Waals surface area contributed by atoms with Crippen LogP contribution in [0.4, 0.5) is 0 Å². The number of nitrogens with one attached hydrogen (secondary N) is 1. The lowest BCUT2D eigenvalue weighted by molar-refractivity contribution is 0.241. The van der Waals surface area contributed by atoms with Crippen LogP contribution in [0.25, 0.3) is 10.7 Å². The molecule has 2 aromatic heterocycles. The Morgan fingerprint density at radius 2 is 2.04 bits per heavy atom. The van der Waals surface area contributed by atoms with Crippen molar-refractivity contribution < 1.29 is 0 Å². The monoisotopic (exact) mass is 351 g/mol. The predicted octanol–water partition coefficient (Wildman–Crippen LogP) is 3.62. The Hall–Kier alpha value is -2.24. The van der Waals surface area contributed by atoms with Gasteiger partial charge in [0.15, 0.2) is 5.82 Å². The number of rotatable bonds is 4. The summed E-state index contributed by atoms with van der Waals surface area (Å²) in [6, 6.07) is 12.5. The van der Waals surface area contributed by atoms with Crippen molar-refractivity contribution in [3.63, 3.8) is 0 Å². The highest BCUT2D eigenvalue weighted by atomic mass is 32.1. The van der Waals surface area contributed by atoms with Crippen molar-refractivity contribution in [1.82, 2.24) is 14.9 Å². The first kappa shape index (κ1) is 16.2. The van der Waals surface area contributed by atoms with Gasteiger partial charge in [-0.2, -0.15) is 0 Å². The molecule has 0 unspecified atom stereocenters. The second kappa shape index (κ2) is 6.94. The van der Waals surface area contributed by atoms with E-state index in [0.717, 1.165) is 42.1 Å². The predicted molar refractivity (Wildman–Crippen MR) is 102 cm³/mol. The minimum absolute atomic E-state index is 0.00174. The average molecular weight is 351 g/mol. The van der Waals surface area contributed by atoms with Gasteiger partial charge in [0.05, 0.1) is 16.1 Å². The lowest BCUT2D eigenvalue weighted by Gasteiger charge is -2.28. The fourth-order valence-electron chi connectivity index (χ4n) is 3.44. The number of benzene rings is 1. The van der Waals surface area contributed by atoms with Crippen LogP contribution in [0, 0.1) is 0 Å². The summed E-state index contributed by atoms with van der Waals surface area (Å²) in [5, 5.41) is 2.00. The third kappa shape index (κ3) is 3.30. The molecule has 3 heterocycles. The molecule has 25 heavy (non-hydrogen) atoms. The summed E-state index contributed by atoms with van der Waals surface area (Å²) in [7, 11) is 0. The van der Waals surface area contributed by atoms with Gasteiger partial charge < -0.3 is 4.98 Å². The van der Waals surface area contributed by atoms with Crippen LogP contribution in [0.3, 0.4) is 0 Å². The third-order valence-corrected chi connectivity index (χ3v) is 5.67. The highest BCUT2D eigenvalue weighted by Gasteiger charge is 2.22. The second-order valence-corrected chi connectivity index (χ2v) is 7.35. The Kier molecular flexibility index (Phi) is 4.51. The van der Waals surface area contributed by atoms with Crippen LogP contribution in [-0.4, -0.2) is 21.4 Å². The summed E-state index contributed by atoms with van der Waals surface area (Å²) in [5.41, 5.74) is 4.51. The van der Waals surface area contributed by atoms with Gasteiger partial charge >= 0.3 is 0 Å². The van der Waals surface area contributed by atoms with Gasteiger partial charge in [-0.3, -0.25) is 9.69 Å². The zero-order valence-corrected chi connectivity index (χ0v) is 15.1. The first-order valence-electron chi connectivity index (χ1n) is 8.69. The normalized spacial score (nSPS) is 14.4. The van der Waals surface area contributed by atoms with Gasteiger partial charge in [-0.05, 0) is 29.0 Å². The molecule has 0 spiro atoms. The molecule has 0 bridgehead atoms. The molecule has 1 aliphatic heterocycles. The van der Waals surface area contributed by atoms with Gasteiger partial charge in [-0.1, -0.05) is 37.3 Å². The molecule has 0 radical (unpaired) electrons. The number of H-pyrrole nitrogens is 1. The Morgan fingerprint density at radius 1 is 1.20 bits per heavy atom. The largest absolute Gasteiger partial charge is 0.306 e. The molecule has 128 valence electrons. The van der Waals surface area contributed by atoms with E-state index in [9.17, 15) is 4.79 Å². The maximum atomic E-state index is 12.6. The highest BCUT2D eigenvalue weighted by molar-refractivity contribution is 7.13. The molecule has 5 heteroatoms. The van der Waals surface area contributed by atoms with Crippen LogP contribution in [-0.2, 0) is 25.9 Å². The molecular formula is C20H21N3OS. The summed E-state index contributed by atoms with van der Waals surface area (Å²) >= 11 is 1.60. The molecule has 3 aromatic rings. The Balaban J connectivity index is 1.58. The first-order chi connectivity index (χ1) is 12.2. The van der Waals surface area contributed by atoms with Crippen molar-refractivity contribution in [1.29, 1.82) is 0 Å². The smallest absolute Gasteiger partial charge is 0.255 e. The first-order valence-corrected chi connectivity index (χ1v) is 9.57. The molecular weight excluding hydrogens is 330 g/mol. The number of thiophene rings is 1. The van der Waals surface area contributed by atoms with Gasteiger partial charge in [-0.25, -0.2) is 4.98 Å². The fourth-order valence-corrected chi connectivity index (χ4v) is 4.11. The van der Waals surface area contributed by atoms with E-state index in [-0.39, 0.29) is 5.56 Å². The number of aryl methyl sites for hydroxylation is 1. The van der Waals surface area contributed by atoms with E-state index in [1.807, 2.05) is 17.5 Å². The summed E-state index contributed by atoms with van der Waals surface area (Å²) < 4.78 is 0. The molecule has 4 rings (SSSR count). The van der Waals surface area contributed by atoms with Gasteiger partial charge in [-0.15, -0.1) is 11.3 Å². The van der Waals surface area contributed by atoms with Crippen molar-refractivity contribution >= 4 is 11.3 Å². The molecule has 0 aliphatic carbocycles. The summed E-state index contributed by atoms with van der Waals surface area (Å²) in [4.78, 5) is 23.6. The number of hydrogen-bond acceptors (Lipinski definition) is 4. The van der Waals surface area contributed by atoms with Crippen LogP contribution < -0.4 is 5.56 Å².